The number of amides is 3. The van der Waals surface area contributed by atoms with E-state index in [0.29, 0.717) is 0 Å². The summed E-state index contributed by atoms with van der Waals surface area (Å²) >= 11 is 0. The predicted molar refractivity (Wildman–Crippen MR) is 42.0 cm³/mol. The number of urea groups is 1. The first-order valence-electron chi connectivity index (χ1n) is 3.70. The van der Waals surface area contributed by atoms with Crippen molar-refractivity contribution in [2.45, 2.75) is 19.4 Å². The summed E-state index contributed by atoms with van der Waals surface area (Å²) in [4.78, 5) is 33.5. The molecule has 0 saturated carbocycles. The van der Waals surface area contributed by atoms with E-state index in [1.807, 2.05) is 5.32 Å². The molecule has 1 fully saturated rings. The van der Waals surface area contributed by atoms with Crippen LogP contribution < -0.4 is 5.32 Å². The Balaban J connectivity index is 2.89. The molecule has 0 bridgehead atoms. The number of aliphatic carboxylic acids is 1. The summed E-state index contributed by atoms with van der Waals surface area (Å²) < 4.78 is 0. The second-order valence-electron chi connectivity index (χ2n) is 3.30. The van der Waals surface area contributed by atoms with Crippen LogP contribution in [0.4, 0.5) is 4.79 Å². The number of nitrogens with zero attached hydrogens (tertiary/aromatic N) is 1. The molecule has 0 spiro atoms. The van der Waals surface area contributed by atoms with Crippen molar-refractivity contribution >= 4 is 17.9 Å². The molecule has 13 heavy (non-hydrogen) atoms. The van der Waals surface area contributed by atoms with Crippen molar-refractivity contribution in [1.29, 1.82) is 0 Å². The number of rotatable bonds is 2. The lowest BCUT2D eigenvalue weighted by molar-refractivity contribution is -0.147. The third-order valence-electron chi connectivity index (χ3n) is 1.99. The average Bonchev–Trinajstić information content (AvgIpc) is 2.30. The van der Waals surface area contributed by atoms with Gasteiger partial charge in [0.1, 0.15) is 12.1 Å². The maximum atomic E-state index is 11.1. The van der Waals surface area contributed by atoms with Gasteiger partial charge in [-0.2, -0.15) is 0 Å². The van der Waals surface area contributed by atoms with Crippen molar-refractivity contribution in [2.24, 2.45) is 0 Å². The summed E-state index contributed by atoms with van der Waals surface area (Å²) in [5.74, 6) is -1.61. The van der Waals surface area contributed by atoms with E-state index in [0.717, 1.165) is 4.90 Å². The highest BCUT2D eigenvalue weighted by Gasteiger charge is 2.42. The van der Waals surface area contributed by atoms with Crippen LogP contribution in [0.2, 0.25) is 0 Å². The molecule has 1 saturated heterocycles. The highest BCUT2D eigenvalue weighted by molar-refractivity contribution is 6.04. The number of imide groups is 1. The monoisotopic (exact) mass is 186 g/mol. The number of carboxylic acid groups (broad SMARTS) is 1. The lowest BCUT2D eigenvalue weighted by atomic mass is 10.0. The zero-order valence-electron chi connectivity index (χ0n) is 7.33. The Bertz CT molecular complexity index is 284. The number of hydrogen-bond acceptors (Lipinski definition) is 3. The van der Waals surface area contributed by atoms with Gasteiger partial charge >= 0.3 is 12.0 Å². The SMILES string of the molecule is CC(C)(C(=O)O)N1CC(=O)NC1=O. The normalized spacial score (nSPS) is 17.5. The minimum atomic E-state index is -1.35. The highest BCUT2D eigenvalue weighted by atomic mass is 16.4. The molecule has 1 aliphatic heterocycles. The second-order valence-corrected chi connectivity index (χ2v) is 3.30. The Kier molecular flexibility index (Phi) is 1.99. The molecular weight excluding hydrogens is 176 g/mol. The van der Waals surface area contributed by atoms with Crippen LogP contribution >= 0.6 is 0 Å². The van der Waals surface area contributed by atoms with Crippen LogP contribution in [-0.4, -0.2) is 40.0 Å². The zero-order chi connectivity index (χ0) is 10.2. The van der Waals surface area contributed by atoms with Crippen molar-refractivity contribution in [2.75, 3.05) is 6.54 Å². The van der Waals surface area contributed by atoms with Gasteiger partial charge in [0.05, 0.1) is 0 Å². The fourth-order valence-corrected chi connectivity index (χ4v) is 1.01. The molecule has 2 N–H and O–H groups in total. The Morgan fingerprint density at radius 2 is 2.08 bits per heavy atom. The molecular formula is C7H10N2O4. The van der Waals surface area contributed by atoms with Crippen LogP contribution in [0, 0.1) is 0 Å². The standard InChI is InChI=1S/C7H10N2O4/c1-7(2,5(11)12)9-3-4(10)8-6(9)13/h3H2,1-2H3,(H,11,12)(H,8,10,13). The summed E-state index contributed by atoms with van der Waals surface area (Å²) in [5, 5.41) is 10.8. The van der Waals surface area contributed by atoms with E-state index in [2.05, 4.69) is 0 Å². The molecule has 0 aliphatic carbocycles. The molecule has 0 aromatic rings. The summed E-state index contributed by atoms with van der Waals surface area (Å²) in [6, 6.07) is -0.655. The Hall–Kier alpha value is -1.59. The second kappa shape index (κ2) is 2.72. The van der Waals surface area contributed by atoms with Gasteiger partial charge in [0.15, 0.2) is 0 Å². The third kappa shape index (κ3) is 1.47. The minimum Gasteiger partial charge on any atom is -0.480 e. The fourth-order valence-electron chi connectivity index (χ4n) is 1.01. The van der Waals surface area contributed by atoms with Crippen LogP contribution in [0.25, 0.3) is 0 Å². The molecule has 6 nitrogen and oxygen atoms in total. The van der Waals surface area contributed by atoms with Crippen molar-refractivity contribution in [3.8, 4) is 0 Å². The zero-order valence-corrected chi connectivity index (χ0v) is 7.33. The smallest absolute Gasteiger partial charge is 0.329 e. The molecule has 0 atom stereocenters. The van der Waals surface area contributed by atoms with Crippen LogP contribution in [-0.2, 0) is 9.59 Å². The molecule has 1 heterocycles. The Morgan fingerprint density at radius 1 is 1.54 bits per heavy atom. The molecule has 72 valence electrons. The quantitative estimate of drug-likeness (QED) is 0.564. The topological polar surface area (TPSA) is 86.7 Å². The van der Waals surface area contributed by atoms with E-state index in [-0.39, 0.29) is 6.54 Å². The van der Waals surface area contributed by atoms with Gasteiger partial charge in [-0.05, 0) is 13.8 Å². The first-order valence-corrected chi connectivity index (χ1v) is 3.70. The summed E-state index contributed by atoms with van der Waals surface area (Å²) in [6.45, 7) is 2.54. The molecule has 1 aliphatic rings. The van der Waals surface area contributed by atoms with Gasteiger partial charge in [-0.15, -0.1) is 0 Å². The van der Waals surface area contributed by atoms with Crippen molar-refractivity contribution in [1.82, 2.24) is 10.2 Å². The van der Waals surface area contributed by atoms with Crippen molar-refractivity contribution in [3.05, 3.63) is 0 Å². The molecule has 0 unspecified atom stereocenters. The van der Waals surface area contributed by atoms with Gasteiger partial charge in [0.25, 0.3) is 0 Å². The Morgan fingerprint density at radius 3 is 2.38 bits per heavy atom. The lowest BCUT2D eigenvalue weighted by Gasteiger charge is -2.28. The van der Waals surface area contributed by atoms with E-state index in [1.165, 1.54) is 13.8 Å². The van der Waals surface area contributed by atoms with E-state index in [1.54, 1.807) is 0 Å². The fraction of sp³-hybridized carbons (Fsp3) is 0.571. The van der Waals surface area contributed by atoms with E-state index in [9.17, 15) is 14.4 Å². The maximum absolute atomic E-state index is 11.1. The van der Waals surface area contributed by atoms with Crippen LogP contribution in [0.1, 0.15) is 13.8 Å². The van der Waals surface area contributed by atoms with E-state index in [4.69, 9.17) is 5.11 Å². The van der Waals surface area contributed by atoms with Gasteiger partial charge < -0.3 is 5.11 Å². The number of nitrogens with one attached hydrogen (secondary N) is 1. The maximum Gasteiger partial charge on any atom is 0.329 e. The first-order chi connectivity index (χ1) is 5.85. The largest absolute Gasteiger partial charge is 0.480 e. The van der Waals surface area contributed by atoms with Crippen molar-refractivity contribution in [3.63, 3.8) is 0 Å². The third-order valence-corrected chi connectivity index (χ3v) is 1.99. The molecule has 6 heteroatoms. The minimum absolute atomic E-state index is 0.196. The van der Waals surface area contributed by atoms with Gasteiger partial charge in [-0.25, -0.2) is 9.59 Å². The summed E-state index contributed by atoms with van der Waals surface area (Å²) in [5.41, 5.74) is -1.35. The predicted octanol–water partition coefficient (Wildman–Crippen LogP) is -0.599. The van der Waals surface area contributed by atoms with Crippen LogP contribution in [0.3, 0.4) is 0 Å². The van der Waals surface area contributed by atoms with Gasteiger partial charge in [0, 0.05) is 0 Å². The molecule has 3 amide bonds. The van der Waals surface area contributed by atoms with Gasteiger partial charge in [-0.1, -0.05) is 0 Å². The number of carbonyl (C=O) groups excluding carboxylic acids is 2. The highest BCUT2D eigenvalue weighted by Crippen LogP contribution is 2.17. The first kappa shape index (κ1) is 9.50. The molecule has 1 rings (SSSR count). The molecule has 0 aromatic carbocycles. The van der Waals surface area contributed by atoms with E-state index >= 15 is 0 Å². The van der Waals surface area contributed by atoms with Crippen LogP contribution in [0.5, 0.6) is 0 Å². The number of carboxylic acids is 1. The van der Waals surface area contributed by atoms with Crippen molar-refractivity contribution < 1.29 is 19.5 Å². The van der Waals surface area contributed by atoms with E-state index < -0.39 is 23.4 Å². The number of carbonyl (C=O) groups is 3. The summed E-state index contributed by atoms with van der Waals surface area (Å²) in [7, 11) is 0. The number of hydrogen-bond donors (Lipinski definition) is 2. The summed E-state index contributed by atoms with van der Waals surface area (Å²) in [6.07, 6.45) is 0. The molecule has 0 aromatic heterocycles. The molecule has 0 radical (unpaired) electrons. The average molecular weight is 186 g/mol. The van der Waals surface area contributed by atoms with Crippen LogP contribution in [0.15, 0.2) is 0 Å². The Labute approximate surface area is 74.5 Å². The van der Waals surface area contributed by atoms with Gasteiger partial charge in [-0.3, -0.25) is 15.0 Å². The lowest BCUT2D eigenvalue weighted by Crippen LogP contribution is -2.51. The van der Waals surface area contributed by atoms with Gasteiger partial charge in [0.2, 0.25) is 5.91 Å².